The van der Waals surface area contributed by atoms with Gasteiger partial charge in [0.25, 0.3) is 0 Å². The van der Waals surface area contributed by atoms with Crippen LogP contribution in [0.2, 0.25) is 0 Å². The van der Waals surface area contributed by atoms with E-state index in [4.69, 9.17) is 0 Å². The number of rotatable bonds is 4. The standard InChI is InChI=1S/C23H20F3NS/c1-4-13-27(3)14-5-6-17-7-12-20-21(15-17)28-16(2)22(20)18-8-10-19(11-9-18)23(24,25)26/h4,7-12,15H,1,13-14H2,2-3H3. The van der Waals surface area contributed by atoms with E-state index >= 15 is 0 Å². The smallest absolute Gasteiger partial charge is 0.292 e. The molecule has 0 aliphatic carbocycles. The average molecular weight is 399 g/mol. The van der Waals surface area contributed by atoms with Gasteiger partial charge < -0.3 is 0 Å². The van der Waals surface area contributed by atoms with Gasteiger partial charge in [0.1, 0.15) is 0 Å². The van der Waals surface area contributed by atoms with Crippen molar-refractivity contribution in [3.05, 3.63) is 71.1 Å². The lowest BCUT2D eigenvalue weighted by Crippen LogP contribution is -2.17. The van der Waals surface area contributed by atoms with Gasteiger partial charge in [-0.15, -0.1) is 17.9 Å². The van der Waals surface area contributed by atoms with Gasteiger partial charge in [-0.1, -0.05) is 36.1 Å². The molecule has 0 unspecified atom stereocenters. The summed E-state index contributed by atoms with van der Waals surface area (Å²) in [6, 6.07) is 11.4. The first kappa shape index (κ1) is 20.2. The van der Waals surface area contributed by atoms with E-state index in [1.54, 1.807) is 23.5 Å². The molecule has 0 N–H and O–H groups in total. The zero-order valence-electron chi connectivity index (χ0n) is 15.7. The Morgan fingerprint density at radius 2 is 1.86 bits per heavy atom. The minimum absolute atomic E-state index is 0.632. The van der Waals surface area contributed by atoms with Crippen LogP contribution in [0.25, 0.3) is 21.2 Å². The highest BCUT2D eigenvalue weighted by molar-refractivity contribution is 7.19. The van der Waals surface area contributed by atoms with Crippen molar-refractivity contribution >= 4 is 21.4 Å². The molecule has 3 aromatic rings. The summed E-state index contributed by atoms with van der Waals surface area (Å²) in [6.07, 6.45) is -2.48. The topological polar surface area (TPSA) is 3.24 Å². The molecule has 1 heterocycles. The average Bonchev–Trinajstić information content (AvgIpc) is 2.96. The molecule has 0 atom stereocenters. The van der Waals surface area contributed by atoms with Gasteiger partial charge in [-0.3, -0.25) is 4.90 Å². The normalized spacial score (nSPS) is 11.5. The van der Waals surface area contributed by atoms with Gasteiger partial charge in [-0.25, -0.2) is 0 Å². The third-order valence-electron chi connectivity index (χ3n) is 4.39. The SMILES string of the molecule is C=CCN(C)CC#Cc1ccc2c(-c3ccc(C(F)(F)F)cc3)c(C)sc2c1. The van der Waals surface area contributed by atoms with Crippen LogP contribution in [0.1, 0.15) is 16.0 Å². The Morgan fingerprint density at radius 3 is 2.50 bits per heavy atom. The maximum Gasteiger partial charge on any atom is 0.416 e. The van der Waals surface area contributed by atoms with E-state index in [9.17, 15) is 13.2 Å². The summed E-state index contributed by atoms with van der Waals surface area (Å²) in [4.78, 5) is 3.14. The first-order valence-electron chi connectivity index (χ1n) is 8.78. The van der Waals surface area contributed by atoms with Gasteiger partial charge in [0.2, 0.25) is 0 Å². The fraction of sp³-hybridized carbons (Fsp3) is 0.217. The van der Waals surface area contributed by atoms with Gasteiger partial charge in [-0.05, 0) is 43.8 Å². The van der Waals surface area contributed by atoms with Crippen LogP contribution in [0.15, 0.2) is 55.1 Å². The first-order chi connectivity index (χ1) is 13.3. The van der Waals surface area contributed by atoms with Crippen molar-refractivity contribution in [2.45, 2.75) is 13.1 Å². The third-order valence-corrected chi connectivity index (χ3v) is 5.46. The van der Waals surface area contributed by atoms with Crippen LogP contribution in [0.5, 0.6) is 0 Å². The molecule has 2 aromatic carbocycles. The number of alkyl halides is 3. The molecule has 0 saturated heterocycles. The van der Waals surface area contributed by atoms with Crippen LogP contribution in [-0.2, 0) is 6.18 Å². The number of nitrogens with zero attached hydrogens (tertiary/aromatic N) is 1. The predicted octanol–water partition coefficient (Wildman–Crippen LogP) is 6.36. The monoisotopic (exact) mass is 399 g/mol. The van der Waals surface area contributed by atoms with Crippen LogP contribution in [0.3, 0.4) is 0 Å². The quantitative estimate of drug-likeness (QED) is 0.364. The molecule has 0 amide bonds. The van der Waals surface area contributed by atoms with E-state index in [-0.39, 0.29) is 0 Å². The molecular formula is C23H20F3NS. The van der Waals surface area contributed by atoms with Crippen molar-refractivity contribution in [2.75, 3.05) is 20.1 Å². The third kappa shape index (κ3) is 4.46. The maximum atomic E-state index is 12.8. The minimum Gasteiger partial charge on any atom is -0.292 e. The predicted molar refractivity (Wildman–Crippen MR) is 112 cm³/mol. The number of aryl methyl sites for hydroxylation is 1. The molecule has 5 heteroatoms. The van der Waals surface area contributed by atoms with Gasteiger partial charge in [-0.2, -0.15) is 13.2 Å². The highest BCUT2D eigenvalue weighted by atomic mass is 32.1. The lowest BCUT2D eigenvalue weighted by atomic mass is 10.00. The Hall–Kier alpha value is -2.55. The molecule has 28 heavy (non-hydrogen) atoms. The largest absolute Gasteiger partial charge is 0.416 e. The van der Waals surface area contributed by atoms with Crippen molar-refractivity contribution < 1.29 is 13.2 Å². The van der Waals surface area contributed by atoms with Crippen LogP contribution in [0.4, 0.5) is 13.2 Å². The molecule has 0 aliphatic heterocycles. The van der Waals surface area contributed by atoms with Crippen molar-refractivity contribution in [1.82, 2.24) is 4.90 Å². The van der Waals surface area contributed by atoms with Gasteiger partial charge in [0.15, 0.2) is 0 Å². The summed E-state index contributed by atoms with van der Waals surface area (Å²) < 4.78 is 39.5. The second kappa shape index (κ2) is 8.22. The van der Waals surface area contributed by atoms with E-state index in [1.165, 1.54) is 0 Å². The Labute approximate surface area is 167 Å². The molecule has 0 radical (unpaired) electrons. The Kier molecular flexibility index (Phi) is 5.93. The van der Waals surface area contributed by atoms with E-state index in [1.807, 2.05) is 38.2 Å². The molecule has 0 bridgehead atoms. The fourth-order valence-corrected chi connectivity index (χ4v) is 4.17. The van der Waals surface area contributed by atoms with E-state index < -0.39 is 11.7 Å². The number of hydrogen-bond donors (Lipinski definition) is 0. The highest BCUT2D eigenvalue weighted by Gasteiger charge is 2.30. The summed E-state index contributed by atoms with van der Waals surface area (Å²) in [7, 11) is 1.98. The van der Waals surface area contributed by atoms with Crippen molar-refractivity contribution in [3.63, 3.8) is 0 Å². The number of hydrogen-bond acceptors (Lipinski definition) is 2. The van der Waals surface area contributed by atoms with Gasteiger partial charge in [0.05, 0.1) is 12.1 Å². The van der Waals surface area contributed by atoms with Crippen LogP contribution in [0, 0.1) is 18.8 Å². The summed E-state index contributed by atoms with van der Waals surface area (Å²) in [5.74, 6) is 6.33. The molecule has 0 saturated carbocycles. The van der Waals surface area contributed by atoms with Crippen LogP contribution in [-0.4, -0.2) is 25.0 Å². The van der Waals surface area contributed by atoms with Crippen LogP contribution >= 0.6 is 11.3 Å². The Bertz CT molecular complexity index is 1050. The molecule has 144 valence electrons. The second-order valence-electron chi connectivity index (χ2n) is 6.61. The minimum atomic E-state index is -4.32. The number of thiophene rings is 1. The van der Waals surface area contributed by atoms with Crippen LogP contribution < -0.4 is 0 Å². The lowest BCUT2D eigenvalue weighted by Gasteiger charge is -2.08. The number of likely N-dealkylation sites (N-methyl/N-ethyl adjacent to an activating group) is 1. The zero-order valence-corrected chi connectivity index (χ0v) is 16.5. The zero-order chi connectivity index (χ0) is 20.3. The molecule has 1 nitrogen and oxygen atoms in total. The summed E-state index contributed by atoms with van der Waals surface area (Å²) in [5.41, 5.74) is 2.08. The van der Waals surface area contributed by atoms with Crippen molar-refractivity contribution in [3.8, 4) is 23.0 Å². The summed E-state index contributed by atoms with van der Waals surface area (Å²) in [6.45, 7) is 7.15. The molecule has 0 aliphatic rings. The molecule has 0 spiro atoms. The van der Waals surface area contributed by atoms with Crippen molar-refractivity contribution in [1.29, 1.82) is 0 Å². The summed E-state index contributed by atoms with van der Waals surface area (Å²) >= 11 is 1.63. The molecule has 3 rings (SSSR count). The summed E-state index contributed by atoms with van der Waals surface area (Å²) in [5, 5.41) is 1.04. The lowest BCUT2D eigenvalue weighted by molar-refractivity contribution is -0.137. The first-order valence-corrected chi connectivity index (χ1v) is 9.60. The molecule has 0 fully saturated rings. The van der Waals surface area contributed by atoms with E-state index in [0.29, 0.717) is 6.54 Å². The Balaban J connectivity index is 1.91. The highest BCUT2D eigenvalue weighted by Crippen LogP contribution is 2.39. The van der Waals surface area contributed by atoms with E-state index in [2.05, 4.69) is 23.3 Å². The maximum absolute atomic E-state index is 12.8. The fourth-order valence-electron chi connectivity index (χ4n) is 3.04. The Morgan fingerprint density at radius 1 is 1.14 bits per heavy atom. The number of halogens is 3. The number of fused-ring (bicyclic) bond motifs is 1. The second-order valence-corrected chi connectivity index (χ2v) is 7.86. The molecule has 1 aromatic heterocycles. The van der Waals surface area contributed by atoms with E-state index in [0.717, 1.165) is 50.3 Å². The van der Waals surface area contributed by atoms with Gasteiger partial charge >= 0.3 is 6.18 Å². The molecular weight excluding hydrogens is 379 g/mol. The van der Waals surface area contributed by atoms with Gasteiger partial charge in [0, 0.05) is 32.6 Å². The number of benzene rings is 2. The van der Waals surface area contributed by atoms with Crippen molar-refractivity contribution in [2.24, 2.45) is 0 Å².